The Hall–Kier alpha value is -3.27. The Bertz CT molecular complexity index is 1160. The van der Waals surface area contributed by atoms with E-state index >= 15 is 0 Å². The number of methoxy groups -OCH3 is 1. The van der Waals surface area contributed by atoms with Crippen LogP contribution in [0.5, 0.6) is 5.75 Å². The van der Waals surface area contributed by atoms with Gasteiger partial charge in [-0.2, -0.15) is 13.2 Å². The van der Waals surface area contributed by atoms with Crippen LogP contribution in [0, 0.1) is 6.92 Å². The van der Waals surface area contributed by atoms with Crippen LogP contribution in [0.2, 0.25) is 0 Å². The zero-order valence-electron chi connectivity index (χ0n) is 19.2. The molecule has 1 aliphatic rings. The molecule has 34 heavy (non-hydrogen) atoms. The summed E-state index contributed by atoms with van der Waals surface area (Å²) in [6.45, 7) is 4.32. The Morgan fingerprint density at radius 3 is 2.68 bits per heavy atom. The highest BCUT2D eigenvalue weighted by molar-refractivity contribution is 5.69. The number of aromatic nitrogens is 2. The van der Waals surface area contributed by atoms with Gasteiger partial charge in [0.05, 0.1) is 19.0 Å². The fourth-order valence-electron chi connectivity index (χ4n) is 4.33. The van der Waals surface area contributed by atoms with E-state index in [1.54, 1.807) is 13.3 Å². The van der Waals surface area contributed by atoms with Gasteiger partial charge in [-0.25, -0.2) is 4.98 Å². The van der Waals surface area contributed by atoms with Gasteiger partial charge in [0.15, 0.2) is 0 Å². The number of anilines is 1. The molecular formula is C24H28F3N5O2. The fraction of sp³-hybridized carbons (Fsp3) is 0.417. The lowest BCUT2D eigenvalue weighted by Crippen LogP contribution is -2.43. The largest absolute Gasteiger partial charge is 0.496 e. The first kappa shape index (κ1) is 23.9. The molecule has 3 heterocycles. The van der Waals surface area contributed by atoms with Crippen molar-refractivity contribution in [2.24, 2.45) is 0 Å². The summed E-state index contributed by atoms with van der Waals surface area (Å²) >= 11 is 0. The van der Waals surface area contributed by atoms with Gasteiger partial charge in [-0.05, 0) is 42.7 Å². The Morgan fingerprint density at radius 2 is 2.00 bits per heavy atom. The van der Waals surface area contributed by atoms with Crippen molar-refractivity contribution in [2.75, 3.05) is 51.3 Å². The molecule has 1 aliphatic heterocycles. The number of amides is 1. The molecule has 1 N–H and O–H groups in total. The van der Waals surface area contributed by atoms with Crippen LogP contribution in [0.3, 0.4) is 0 Å². The number of hydrogen-bond donors (Lipinski definition) is 1. The summed E-state index contributed by atoms with van der Waals surface area (Å²) in [4.78, 5) is 18.8. The van der Waals surface area contributed by atoms with Crippen molar-refractivity contribution in [1.29, 1.82) is 0 Å². The number of benzene rings is 1. The van der Waals surface area contributed by atoms with E-state index in [0.29, 0.717) is 5.75 Å². The van der Waals surface area contributed by atoms with Gasteiger partial charge in [0, 0.05) is 56.2 Å². The third-order valence-corrected chi connectivity index (χ3v) is 6.16. The average molecular weight is 476 g/mol. The lowest BCUT2D eigenvalue weighted by Gasteiger charge is -2.29. The molecule has 0 spiro atoms. The number of fused-ring (bicyclic) bond motifs is 1. The summed E-state index contributed by atoms with van der Waals surface area (Å²) in [6.07, 6.45) is -0.153. The molecule has 1 fully saturated rings. The summed E-state index contributed by atoms with van der Waals surface area (Å²) in [5.74, 6) is 0.633. The SMILES string of the molecule is COc1cc(-c2cnc3cc(N4CCNCC4)ccn23)cc(CCN(C=O)CC(F)(F)F)c1C. The second kappa shape index (κ2) is 9.92. The van der Waals surface area contributed by atoms with Crippen LogP contribution >= 0.6 is 0 Å². The first-order valence-electron chi connectivity index (χ1n) is 11.2. The molecule has 0 aliphatic carbocycles. The van der Waals surface area contributed by atoms with Crippen molar-refractivity contribution in [3.63, 3.8) is 0 Å². The van der Waals surface area contributed by atoms with Gasteiger partial charge >= 0.3 is 6.18 Å². The van der Waals surface area contributed by atoms with Crippen LogP contribution in [-0.2, 0) is 11.2 Å². The number of carbonyl (C=O) groups excluding carboxylic acids is 1. The molecule has 10 heteroatoms. The van der Waals surface area contributed by atoms with Crippen LogP contribution in [0.1, 0.15) is 11.1 Å². The minimum Gasteiger partial charge on any atom is -0.496 e. The van der Waals surface area contributed by atoms with E-state index in [4.69, 9.17) is 4.74 Å². The molecule has 0 saturated carbocycles. The first-order chi connectivity index (χ1) is 16.3. The number of ether oxygens (including phenoxy) is 1. The molecule has 182 valence electrons. The van der Waals surface area contributed by atoms with Crippen LogP contribution in [0.15, 0.2) is 36.7 Å². The van der Waals surface area contributed by atoms with E-state index in [9.17, 15) is 18.0 Å². The van der Waals surface area contributed by atoms with E-state index in [1.165, 1.54) is 0 Å². The maximum atomic E-state index is 12.7. The number of nitrogens with zero attached hydrogens (tertiary/aromatic N) is 4. The predicted octanol–water partition coefficient (Wildman–Crippen LogP) is 3.29. The number of piperazine rings is 1. The Morgan fingerprint density at radius 1 is 1.24 bits per heavy atom. The number of imidazole rings is 1. The van der Waals surface area contributed by atoms with E-state index in [-0.39, 0.29) is 19.4 Å². The van der Waals surface area contributed by atoms with E-state index < -0.39 is 12.7 Å². The van der Waals surface area contributed by atoms with Gasteiger partial charge in [0.2, 0.25) is 6.41 Å². The molecule has 4 rings (SSSR count). The summed E-state index contributed by atoms with van der Waals surface area (Å²) in [5, 5.41) is 3.35. The van der Waals surface area contributed by atoms with Crippen molar-refractivity contribution in [2.45, 2.75) is 19.5 Å². The highest BCUT2D eigenvalue weighted by atomic mass is 19.4. The molecular weight excluding hydrogens is 447 g/mol. The predicted molar refractivity (Wildman–Crippen MR) is 124 cm³/mol. The van der Waals surface area contributed by atoms with Crippen molar-refractivity contribution >= 4 is 17.7 Å². The molecule has 2 aromatic heterocycles. The van der Waals surface area contributed by atoms with Gasteiger partial charge in [0.25, 0.3) is 0 Å². The number of halogens is 3. The second-order valence-electron chi connectivity index (χ2n) is 8.40. The molecule has 1 saturated heterocycles. The monoisotopic (exact) mass is 475 g/mol. The lowest BCUT2D eigenvalue weighted by molar-refractivity contribution is -0.153. The summed E-state index contributed by atoms with van der Waals surface area (Å²) in [6, 6.07) is 7.96. The van der Waals surface area contributed by atoms with Crippen molar-refractivity contribution in [1.82, 2.24) is 19.6 Å². The summed E-state index contributed by atoms with van der Waals surface area (Å²) in [7, 11) is 1.56. The van der Waals surface area contributed by atoms with Gasteiger partial charge in [-0.3, -0.25) is 9.20 Å². The van der Waals surface area contributed by atoms with Gasteiger partial charge in [0.1, 0.15) is 17.9 Å². The van der Waals surface area contributed by atoms with Crippen LogP contribution in [-0.4, -0.2) is 73.2 Å². The topological polar surface area (TPSA) is 62.1 Å². The van der Waals surface area contributed by atoms with Gasteiger partial charge in [-0.15, -0.1) is 0 Å². The average Bonchev–Trinajstić information content (AvgIpc) is 3.25. The van der Waals surface area contributed by atoms with E-state index in [1.807, 2.05) is 29.7 Å². The molecule has 1 amide bonds. The normalized spacial score (nSPS) is 14.4. The molecule has 0 radical (unpaired) electrons. The van der Waals surface area contributed by atoms with Crippen LogP contribution < -0.4 is 15.0 Å². The smallest absolute Gasteiger partial charge is 0.406 e. The second-order valence-corrected chi connectivity index (χ2v) is 8.40. The molecule has 3 aromatic rings. The van der Waals surface area contributed by atoms with E-state index in [2.05, 4.69) is 27.3 Å². The lowest BCUT2D eigenvalue weighted by atomic mass is 9.99. The quantitative estimate of drug-likeness (QED) is 0.507. The third kappa shape index (κ3) is 5.27. The molecule has 0 unspecified atom stereocenters. The summed E-state index contributed by atoms with van der Waals surface area (Å²) in [5.41, 5.74) is 5.27. The zero-order valence-corrected chi connectivity index (χ0v) is 19.2. The fourth-order valence-corrected chi connectivity index (χ4v) is 4.33. The number of rotatable bonds is 8. The maximum Gasteiger partial charge on any atom is 0.406 e. The van der Waals surface area contributed by atoms with Crippen molar-refractivity contribution in [3.8, 4) is 17.0 Å². The Labute approximate surface area is 196 Å². The third-order valence-electron chi connectivity index (χ3n) is 6.16. The molecule has 1 aromatic carbocycles. The van der Waals surface area contributed by atoms with Gasteiger partial charge in [-0.1, -0.05) is 0 Å². The number of alkyl halides is 3. The molecule has 0 bridgehead atoms. The molecule has 7 nitrogen and oxygen atoms in total. The molecule has 0 atom stereocenters. The minimum absolute atomic E-state index is 0.0440. The highest BCUT2D eigenvalue weighted by Crippen LogP contribution is 2.32. The minimum atomic E-state index is -4.43. The van der Waals surface area contributed by atoms with Gasteiger partial charge < -0.3 is 19.9 Å². The maximum absolute atomic E-state index is 12.7. The standard InChI is InChI=1S/C24H28F3N5O2/c1-17-18(3-7-30(16-33)15-24(25,26)27)11-19(12-22(17)34-2)21-14-29-23-13-20(4-8-32(21)23)31-9-5-28-6-10-31/h4,8,11-14,16,28H,3,5-7,9-10,15H2,1-2H3. The van der Waals surface area contributed by atoms with Crippen LogP contribution in [0.4, 0.5) is 18.9 Å². The highest BCUT2D eigenvalue weighted by Gasteiger charge is 2.30. The number of hydrogen-bond acceptors (Lipinski definition) is 5. The Balaban J connectivity index is 1.63. The number of nitrogens with one attached hydrogen (secondary N) is 1. The zero-order chi connectivity index (χ0) is 24.3. The number of carbonyl (C=O) groups is 1. The van der Waals surface area contributed by atoms with Crippen molar-refractivity contribution < 1.29 is 22.7 Å². The summed E-state index contributed by atoms with van der Waals surface area (Å²) < 4.78 is 45.7. The number of pyridine rings is 1. The van der Waals surface area contributed by atoms with Crippen molar-refractivity contribution in [3.05, 3.63) is 47.8 Å². The first-order valence-corrected chi connectivity index (χ1v) is 11.2. The van der Waals surface area contributed by atoms with E-state index in [0.717, 1.165) is 64.8 Å². The van der Waals surface area contributed by atoms with Crippen LogP contribution in [0.25, 0.3) is 16.9 Å². The Kier molecular flexibility index (Phi) is 6.97.